The standard InChI is InChI=1S/C15H18BrN3S/c1-3-17-15-13(16)14(11-8-6-5-7-9-11)18-12(19-15)10-20-4-2/h5-9H,3-4,10H2,1-2H3,(H,17,18,19). The molecule has 0 aliphatic carbocycles. The van der Waals surface area contributed by atoms with Gasteiger partial charge >= 0.3 is 0 Å². The van der Waals surface area contributed by atoms with Crippen molar-refractivity contribution in [2.45, 2.75) is 19.6 Å². The first kappa shape index (κ1) is 15.3. The summed E-state index contributed by atoms with van der Waals surface area (Å²) < 4.78 is 0.927. The first-order chi connectivity index (χ1) is 9.76. The van der Waals surface area contributed by atoms with E-state index in [1.54, 1.807) is 0 Å². The van der Waals surface area contributed by atoms with Crippen LogP contribution in [0.25, 0.3) is 11.3 Å². The summed E-state index contributed by atoms with van der Waals surface area (Å²) in [5.74, 6) is 3.64. The Hall–Kier alpha value is -1.07. The molecule has 2 rings (SSSR count). The lowest BCUT2D eigenvalue weighted by molar-refractivity contribution is 1.01. The van der Waals surface area contributed by atoms with E-state index in [0.717, 1.165) is 45.4 Å². The van der Waals surface area contributed by atoms with Crippen LogP contribution in [0.1, 0.15) is 19.7 Å². The van der Waals surface area contributed by atoms with Crippen molar-refractivity contribution in [1.29, 1.82) is 0 Å². The van der Waals surface area contributed by atoms with Crippen molar-refractivity contribution in [3.05, 3.63) is 40.6 Å². The van der Waals surface area contributed by atoms with Crippen LogP contribution in [0, 0.1) is 0 Å². The van der Waals surface area contributed by atoms with Gasteiger partial charge in [-0.3, -0.25) is 0 Å². The van der Waals surface area contributed by atoms with E-state index in [9.17, 15) is 0 Å². The molecule has 0 aliphatic heterocycles. The largest absolute Gasteiger partial charge is 0.369 e. The van der Waals surface area contributed by atoms with Crippen LogP contribution >= 0.6 is 27.7 Å². The molecule has 0 bridgehead atoms. The van der Waals surface area contributed by atoms with Crippen LogP contribution in [-0.2, 0) is 5.75 Å². The fourth-order valence-electron chi connectivity index (χ4n) is 1.82. The smallest absolute Gasteiger partial charge is 0.144 e. The lowest BCUT2D eigenvalue weighted by atomic mass is 10.1. The minimum atomic E-state index is 0.835. The molecule has 1 aromatic carbocycles. The number of anilines is 1. The number of hydrogen-bond donors (Lipinski definition) is 1. The quantitative estimate of drug-likeness (QED) is 0.825. The fraction of sp³-hybridized carbons (Fsp3) is 0.333. The van der Waals surface area contributed by atoms with Crippen molar-refractivity contribution in [3.63, 3.8) is 0 Å². The van der Waals surface area contributed by atoms with Crippen LogP contribution < -0.4 is 5.32 Å². The zero-order chi connectivity index (χ0) is 14.4. The number of halogens is 1. The molecule has 1 heterocycles. The number of hydrogen-bond acceptors (Lipinski definition) is 4. The van der Waals surface area contributed by atoms with Crippen LogP contribution in [0.2, 0.25) is 0 Å². The van der Waals surface area contributed by atoms with Gasteiger partial charge in [-0.15, -0.1) is 0 Å². The number of thioether (sulfide) groups is 1. The maximum absolute atomic E-state index is 4.70. The summed E-state index contributed by atoms with van der Waals surface area (Å²) in [4.78, 5) is 9.30. The number of nitrogens with one attached hydrogen (secondary N) is 1. The zero-order valence-electron chi connectivity index (χ0n) is 11.7. The van der Waals surface area contributed by atoms with E-state index in [1.807, 2.05) is 30.0 Å². The van der Waals surface area contributed by atoms with E-state index < -0.39 is 0 Å². The summed E-state index contributed by atoms with van der Waals surface area (Å²) in [7, 11) is 0. The topological polar surface area (TPSA) is 37.8 Å². The van der Waals surface area contributed by atoms with Crippen molar-refractivity contribution >= 4 is 33.5 Å². The van der Waals surface area contributed by atoms with Gasteiger partial charge < -0.3 is 5.32 Å². The Morgan fingerprint density at radius 3 is 2.55 bits per heavy atom. The molecular weight excluding hydrogens is 334 g/mol. The van der Waals surface area contributed by atoms with Gasteiger partial charge in [-0.1, -0.05) is 37.3 Å². The maximum Gasteiger partial charge on any atom is 0.144 e. The summed E-state index contributed by atoms with van der Waals surface area (Å²) in [6.07, 6.45) is 0. The van der Waals surface area contributed by atoms with E-state index in [0.29, 0.717) is 0 Å². The number of nitrogens with zero attached hydrogens (tertiary/aromatic N) is 2. The molecule has 0 unspecified atom stereocenters. The third-order valence-corrected chi connectivity index (χ3v) is 4.35. The number of benzene rings is 1. The zero-order valence-corrected chi connectivity index (χ0v) is 14.1. The highest BCUT2D eigenvalue weighted by Crippen LogP contribution is 2.32. The summed E-state index contributed by atoms with van der Waals surface area (Å²) in [6, 6.07) is 10.2. The molecule has 0 radical (unpaired) electrons. The molecule has 0 saturated carbocycles. The highest BCUT2D eigenvalue weighted by molar-refractivity contribution is 9.10. The van der Waals surface area contributed by atoms with Gasteiger partial charge in [0.1, 0.15) is 11.6 Å². The predicted molar refractivity (Wildman–Crippen MR) is 91.2 cm³/mol. The summed E-state index contributed by atoms with van der Waals surface area (Å²) in [6.45, 7) is 5.05. The predicted octanol–water partition coefficient (Wildman–Crippen LogP) is 4.59. The van der Waals surface area contributed by atoms with Gasteiger partial charge in [-0.05, 0) is 28.6 Å². The van der Waals surface area contributed by atoms with Crippen molar-refractivity contribution in [2.75, 3.05) is 17.6 Å². The van der Waals surface area contributed by atoms with E-state index in [2.05, 4.69) is 52.2 Å². The second-order valence-electron chi connectivity index (χ2n) is 4.18. The van der Waals surface area contributed by atoms with Crippen LogP contribution in [0.4, 0.5) is 5.82 Å². The summed E-state index contributed by atoms with van der Waals surface area (Å²) >= 11 is 5.46. The molecular formula is C15H18BrN3S. The molecule has 1 N–H and O–H groups in total. The molecule has 20 heavy (non-hydrogen) atoms. The van der Waals surface area contributed by atoms with Crippen molar-refractivity contribution in [2.24, 2.45) is 0 Å². The monoisotopic (exact) mass is 351 g/mol. The average molecular weight is 352 g/mol. The van der Waals surface area contributed by atoms with Gasteiger partial charge in [0.15, 0.2) is 0 Å². The fourth-order valence-corrected chi connectivity index (χ4v) is 2.89. The molecule has 0 aliphatic rings. The lowest BCUT2D eigenvalue weighted by Crippen LogP contribution is -2.06. The molecule has 2 aromatic rings. The Balaban J connectivity index is 2.45. The lowest BCUT2D eigenvalue weighted by Gasteiger charge is -2.12. The van der Waals surface area contributed by atoms with Gasteiger partial charge in [-0.2, -0.15) is 11.8 Å². The third-order valence-electron chi connectivity index (χ3n) is 2.72. The van der Waals surface area contributed by atoms with Crippen LogP contribution in [-0.4, -0.2) is 22.3 Å². The average Bonchev–Trinajstić information content (AvgIpc) is 2.49. The third kappa shape index (κ3) is 3.73. The second-order valence-corrected chi connectivity index (χ2v) is 6.25. The highest BCUT2D eigenvalue weighted by atomic mass is 79.9. The minimum Gasteiger partial charge on any atom is -0.369 e. The molecule has 0 saturated heterocycles. The second kappa shape index (κ2) is 7.64. The minimum absolute atomic E-state index is 0.835. The summed E-state index contributed by atoms with van der Waals surface area (Å²) in [5.41, 5.74) is 2.05. The molecule has 0 amide bonds. The van der Waals surface area contributed by atoms with Crippen LogP contribution in [0.5, 0.6) is 0 Å². The Bertz CT molecular complexity index is 561. The van der Waals surface area contributed by atoms with E-state index >= 15 is 0 Å². The Morgan fingerprint density at radius 2 is 1.90 bits per heavy atom. The first-order valence-electron chi connectivity index (χ1n) is 6.69. The van der Waals surface area contributed by atoms with Crippen LogP contribution in [0.15, 0.2) is 34.8 Å². The molecule has 3 nitrogen and oxygen atoms in total. The normalized spacial score (nSPS) is 10.6. The maximum atomic E-state index is 4.70. The van der Waals surface area contributed by atoms with Gasteiger partial charge in [0, 0.05) is 12.1 Å². The highest BCUT2D eigenvalue weighted by Gasteiger charge is 2.13. The Labute approximate surface area is 132 Å². The number of rotatable bonds is 6. The van der Waals surface area contributed by atoms with Crippen molar-refractivity contribution < 1.29 is 0 Å². The Morgan fingerprint density at radius 1 is 1.15 bits per heavy atom. The van der Waals surface area contributed by atoms with E-state index in [-0.39, 0.29) is 0 Å². The molecule has 5 heteroatoms. The van der Waals surface area contributed by atoms with Crippen molar-refractivity contribution in [1.82, 2.24) is 9.97 Å². The number of aromatic nitrogens is 2. The molecule has 106 valence electrons. The molecule has 0 fully saturated rings. The van der Waals surface area contributed by atoms with Crippen molar-refractivity contribution in [3.8, 4) is 11.3 Å². The molecule has 0 spiro atoms. The molecule has 1 aromatic heterocycles. The first-order valence-corrected chi connectivity index (χ1v) is 8.64. The van der Waals surface area contributed by atoms with Gasteiger partial charge in [0.25, 0.3) is 0 Å². The van der Waals surface area contributed by atoms with Crippen LogP contribution in [0.3, 0.4) is 0 Å². The van der Waals surface area contributed by atoms with Gasteiger partial charge in [0.05, 0.1) is 15.9 Å². The Kier molecular flexibility index (Phi) is 5.86. The van der Waals surface area contributed by atoms with Gasteiger partial charge in [0.2, 0.25) is 0 Å². The SMILES string of the molecule is CCNc1nc(CSCC)nc(-c2ccccc2)c1Br. The van der Waals surface area contributed by atoms with E-state index in [1.165, 1.54) is 0 Å². The van der Waals surface area contributed by atoms with E-state index in [4.69, 9.17) is 4.98 Å². The van der Waals surface area contributed by atoms with Gasteiger partial charge in [-0.25, -0.2) is 9.97 Å². The summed E-state index contributed by atoms with van der Waals surface area (Å²) in [5, 5.41) is 3.30. The molecule has 0 atom stereocenters.